The van der Waals surface area contributed by atoms with Crippen LogP contribution in [0.1, 0.15) is 56.3 Å². The van der Waals surface area contributed by atoms with E-state index in [4.69, 9.17) is 0 Å². The molecule has 1 aromatic rings. The number of alkyl halides is 2. The number of unbranched alkanes of at least 4 members (excludes halogenated alkanes) is 2. The van der Waals surface area contributed by atoms with Crippen LogP contribution in [0.4, 0.5) is 8.78 Å². The summed E-state index contributed by atoms with van der Waals surface area (Å²) >= 11 is 0. The van der Waals surface area contributed by atoms with Gasteiger partial charge in [0.1, 0.15) is 12.3 Å². The van der Waals surface area contributed by atoms with Gasteiger partial charge in [-0.3, -0.25) is 4.79 Å². The number of ketones is 1. The van der Waals surface area contributed by atoms with Crippen molar-refractivity contribution in [2.75, 3.05) is 0 Å². The summed E-state index contributed by atoms with van der Waals surface area (Å²) in [5.74, 6) is -0.621. The molecule has 112 valence electrons. The molecule has 0 aromatic heterocycles. The number of hydrogen-bond donors (Lipinski definition) is 0. The SMILES string of the molecule is CCCCCC(CC(=O)c1ccccc1)C(F)C(C)F. The highest BCUT2D eigenvalue weighted by Gasteiger charge is 2.28. The minimum absolute atomic E-state index is 0.0865. The summed E-state index contributed by atoms with van der Waals surface area (Å²) in [6.07, 6.45) is 0.441. The molecular formula is C17H24F2O. The van der Waals surface area contributed by atoms with E-state index in [2.05, 4.69) is 6.92 Å². The maximum Gasteiger partial charge on any atom is 0.163 e. The zero-order valence-electron chi connectivity index (χ0n) is 12.3. The fourth-order valence-electron chi connectivity index (χ4n) is 2.39. The average molecular weight is 282 g/mol. The number of carbonyl (C=O) groups is 1. The van der Waals surface area contributed by atoms with Crippen LogP contribution in [-0.2, 0) is 0 Å². The Morgan fingerprint density at radius 1 is 1.15 bits per heavy atom. The second-order valence-corrected chi connectivity index (χ2v) is 5.37. The van der Waals surface area contributed by atoms with Crippen molar-refractivity contribution in [3.8, 4) is 0 Å². The van der Waals surface area contributed by atoms with Crippen LogP contribution in [-0.4, -0.2) is 18.1 Å². The largest absolute Gasteiger partial charge is 0.294 e. The van der Waals surface area contributed by atoms with E-state index in [9.17, 15) is 13.6 Å². The van der Waals surface area contributed by atoms with Crippen LogP contribution < -0.4 is 0 Å². The van der Waals surface area contributed by atoms with Crippen molar-refractivity contribution in [2.45, 2.75) is 58.3 Å². The first kappa shape index (κ1) is 16.8. The Hall–Kier alpha value is -1.25. The van der Waals surface area contributed by atoms with E-state index >= 15 is 0 Å². The fourth-order valence-corrected chi connectivity index (χ4v) is 2.39. The lowest BCUT2D eigenvalue weighted by atomic mass is 9.88. The second-order valence-electron chi connectivity index (χ2n) is 5.37. The molecule has 1 nitrogen and oxygen atoms in total. The zero-order valence-corrected chi connectivity index (χ0v) is 12.3. The van der Waals surface area contributed by atoms with Gasteiger partial charge in [-0.1, -0.05) is 56.5 Å². The lowest BCUT2D eigenvalue weighted by molar-refractivity contribution is 0.0819. The van der Waals surface area contributed by atoms with Gasteiger partial charge in [0.15, 0.2) is 5.78 Å². The third-order valence-electron chi connectivity index (χ3n) is 3.61. The van der Waals surface area contributed by atoms with Gasteiger partial charge in [0.05, 0.1) is 0 Å². The Kier molecular flexibility index (Phi) is 7.42. The van der Waals surface area contributed by atoms with Crippen molar-refractivity contribution < 1.29 is 13.6 Å². The summed E-state index contributed by atoms with van der Waals surface area (Å²) in [7, 11) is 0. The molecular weight excluding hydrogens is 258 g/mol. The Bertz CT molecular complexity index is 389. The molecule has 0 heterocycles. The van der Waals surface area contributed by atoms with E-state index in [0.29, 0.717) is 12.0 Å². The molecule has 20 heavy (non-hydrogen) atoms. The van der Waals surface area contributed by atoms with Crippen LogP contribution in [0.2, 0.25) is 0 Å². The van der Waals surface area contributed by atoms with Gasteiger partial charge < -0.3 is 0 Å². The minimum atomic E-state index is -1.56. The van der Waals surface area contributed by atoms with Crippen molar-refractivity contribution in [1.82, 2.24) is 0 Å². The van der Waals surface area contributed by atoms with Gasteiger partial charge >= 0.3 is 0 Å². The summed E-state index contributed by atoms with van der Waals surface area (Å²) in [6, 6.07) is 8.83. The monoisotopic (exact) mass is 282 g/mol. The molecule has 3 heteroatoms. The summed E-state index contributed by atoms with van der Waals surface area (Å²) in [5, 5.41) is 0. The van der Waals surface area contributed by atoms with Gasteiger partial charge in [-0.25, -0.2) is 8.78 Å². The van der Waals surface area contributed by atoms with Crippen molar-refractivity contribution in [1.29, 1.82) is 0 Å². The molecule has 0 bridgehead atoms. The number of rotatable bonds is 9. The first-order chi connectivity index (χ1) is 9.56. The molecule has 1 aromatic carbocycles. The molecule has 0 radical (unpaired) electrons. The maximum atomic E-state index is 14.0. The third-order valence-corrected chi connectivity index (χ3v) is 3.61. The Balaban J connectivity index is 2.65. The standard InChI is InChI=1S/C17H24F2O/c1-3-4-6-11-15(17(19)13(2)18)12-16(20)14-9-7-5-8-10-14/h5,7-10,13,15,17H,3-4,6,11-12H2,1-2H3. The second kappa shape index (κ2) is 8.83. The van der Waals surface area contributed by atoms with Crippen LogP contribution in [0.5, 0.6) is 0 Å². The lowest BCUT2D eigenvalue weighted by Gasteiger charge is -2.21. The molecule has 0 aliphatic rings. The fraction of sp³-hybridized carbons (Fsp3) is 0.588. The Morgan fingerprint density at radius 3 is 2.35 bits per heavy atom. The van der Waals surface area contributed by atoms with E-state index in [1.807, 2.05) is 6.07 Å². The number of halogens is 2. The summed E-state index contributed by atoms with van der Waals surface area (Å²) in [4.78, 5) is 12.1. The molecule has 0 aliphatic heterocycles. The highest BCUT2D eigenvalue weighted by atomic mass is 19.2. The van der Waals surface area contributed by atoms with Crippen LogP contribution in [0.25, 0.3) is 0 Å². The van der Waals surface area contributed by atoms with Gasteiger partial charge in [0.25, 0.3) is 0 Å². The predicted octanol–water partition coefficient (Wildman–Crippen LogP) is 5.15. The predicted molar refractivity (Wildman–Crippen MR) is 78.5 cm³/mol. The first-order valence-electron chi connectivity index (χ1n) is 7.42. The molecule has 3 unspecified atom stereocenters. The summed E-state index contributed by atoms with van der Waals surface area (Å²) < 4.78 is 27.2. The lowest BCUT2D eigenvalue weighted by Crippen LogP contribution is -2.27. The van der Waals surface area contributed by atoms with Crippen LogP contribution in [0.3, 0.4) is 0 Å². The van der Waals surface area contributed by atoms with Crippen molar-refractivity contribution in [3.63, 3.8) is 0 Å². The van der Waals surface area contributed by atoms with Gasteiger partial charge in [0.2, 0.25) is 0 Å². The quantitative estimate of drug-likeness (QED) is 0.452. The van der Waals surface area contributed by atoms with Gasteiger partial charge in [-0.2, -0.15) is 0 Å². The number of carbonyl (C=O) groups excluding carboxylic acids is 1. The molecule has 0 saturated carbocycles. The van der Waals surface area contributed by atoms with E-state index < -0.39 is 18.3 Å². The number of hydrogen-bond acceptors (Lipinski definition) is 1. The van der Waals surface area contributed by atoms with E-state index in [1.54, 1.807) is 24.3 Å². The van der Waals surface area contributed by atoms with Crippen LogP contribution in [0, 0.1) is 5.92 Å². The van der Waals surface area contributed by atoms with Crippen molar-refractivity contribution >= 4 is 5.78 Å². The van der Waals surface area contributed by atoms with Crippen LogP contribution >= 0.6 is 0 Å². The number of Topliss-reactive ketones (excluding diaryl/α,β-unsaturated/α-hetero) is 1. The van der Waals surface area contributed by atoms with Gasteiger partial charge in [0, 0.05) is 17.9 Å². The Labute approximate surface area is 120 Å². The molecule has 0 saturated heterocycles. The minimum Gasteiger partial charge on any atom is -0.294 e. The number of benzene rings is 1. The third kappa shape index (κ3) is 5.40. The van der Waals surface area contributed by atoms with Crippen molar-refractivity contribution in [3.05, 3.63) is 35.9 Å². The van der Waals surface area contributed by atoms with E-state index in [-0.39, 0.29) is 12.2 Å². The van der Waals surface area contributed by atoms with Crippen LogP contribution in [0.15, 0.2) is 30.3 Å². The normalized spacial score (nSPS) is 15.6. The average Bonchev–Trinajstić information content (AvgIpc) is 2.46. The van der Waals surface area contributed by atoms with Gasteiger partial charge in [-0.05, 0) is 13.3 Å². The summed E-state index contributed by atoms with van der Waals surface area (Å²) in [6.45, 7) is 3.29. The highest BCUT2D eigenvalue weighted by molar-refractivity contribution is 5.96. The molecule has 0 N–H and O–H groups in total. The highest BCUT2D eigenvalue weighted by Crippen LogP contribution is 2.25. The Morgan fingerprint density at radius 2 is 1.80 bits per heavy atom. The molecule has 0 aliphatic carbocycles. The van der Waals surface area contributed by atoms with Gasteiger partial charge in [-0.15, -0.1) is 0 Å². The summed E-state index contributed by atoms with van der Waals surface area (Å²) in [5.41, 5.74) is 0.576. The molecule has 1 rings (SSSR count). The first-order valence-corrected chi connectivity index (χ1v) is 7.42. The molecule has 0 fully saturated rings. The molecule has 0 amide bonds. The van der Waals surface area contributed by atoms with Crippen molar-refractivity contribution in [2.24, 2.45) is 5.92 Å². The maximum absolute atomic E-state index is 14.0. The topological polar surface area (TPSA) is 17.1 Å². The van der Waals surface area contributed by atoms with E-state index in [1.165, 1.54) is 6.92 Å². The zero-order chi connectivity index (χ0) is 15.0. The molecule has 3 atom stereocenters. The molecule has 0 spiro atoms. The smallest absolute Gasteiger partial charge is 0.163 e. The van der Waals surface area contributed by atoms with E-state index in [0.717, 1.165) is 19.3 Å².